The minimum absolute atomic E-state index is 0.0444. The van der Waals surface area contributed by atoms with Crippen molar-refractivity contribution in [2.45, 2.75) is 18.9 Å². The smallest absolute Gasteiger partial charge is 0.115 e. The molecule has 1 aromatic heterocycles. The molecule has 2 unspecified atom stereocenters. The van der Waals surface area contributed by atoms with Crippen LogP contribution in [0.3, 0.4) is 0 Å². The van der Waals surface area contributed by atoms with Crippen molar-refractivity contribution in [1.29, 1.82) is 0 Å². The number of nitrogens with two attached hydrogens (primary N) is 1. The highest BCUT2D eigenvalue weighted by Crippen LogP contribution is 2.23. The third kappa shape index (κ3) is 2.27. The molecule has 0 amide bonds. The van der Waals surface area contributed by atoms with E-state index in [0.717, 1.165) is 31.6 Å². The van der Waals surface area contributed by atoms with Crippen LogP contribution in [0.2, 0.25) is 0 Å². The summed E-state index contributed by atoms with van der Waals surface area (Å²) < 4.78 is 5.31. The Kier molecular flexibility index (Phi) is 3.06. The monoisotopic (exact) mass is 193 g/mol. The zero-order chi connectivity index (χ0) is 9.80. The standard InChI is InChI=1S/C10H15N3O/c11-10(3-8-1-2-14-6-8)9-4-12-7-13-5-9/h4-5,7-8,10H,1-3,6,11H2. The van der Waals surface area contributed by atoms with E-state index in [-0.39, 0.29) is 6.04 Å². The van der Waals surface area contributed by atoms with Crippen LogP contribution in [0.1, 0.15) is 24.4 Å². The van der Waals surface area contributed by atoms with Crippen molar-refractivity contribution in [2.24, 2.45) is 11.7 Å². The SMILES string of the molecule is NC(CC1CCOC1)c1cncnc1. The van der Waals surface area contributed by atoms with Crippen LogP contribution >= 0.6 is 0 Å². The summed E-state index contributed by atoms with van der Waals surface area (Å²) >= 11 is 0. The van der Waals surface area contributed by atoms with E-state index < -0.39 is 0 Å². The normalized spacial score (nSPS) is 23.6. The van der Waals surface area contributed by atoms with Gasteiger partial charge in [0.1, 0.15) is 6.33 Å². The van der Waals surface area contributed by atoms with Crippen LogP contribution in [0, 0.1) is 5.92 Å². The molecule has 2 heterocycles. The Balaban J connectivity index is 1.92. The Morgan fingerprint density at radius 2 is 2.29 bits per heavy atom. The highest BCUT2D eigenvalue weighted by molar-refractivity contribution is 5.08. The highest BCUT2D eigenvalue weighted by atomic mass is 16.5. The van der Waals surface area contributed by atoms with E-state index in [2.05, 4.69) is 9.97 Å². The molecule has 1 aromatic rings. The molecule has 2 rings (SSSR count). The molecule has 1 aliphatic heterocycles. The van der Waals surface area contributed by atoms with Gasteiger partial charge < -0.3 is 10.5 Å². The summed E-state index contributed by atoms with van der Waals surface area (Å²) in [5.74, 6) is 0.602. The second kappa shape index (κ2) is 4.48. The quantitative estimate of drug-likeness (QED) is 0.774. The number of ether oxygens (including phenoxy) is 1. The Bertz CT molecular complexity index is 272. The predicted molar refractivity (Wildman–Crippen MR) is 52.5 cm³/mol. The summed E-state index contributed by atoms with van der Waals surface area (Å²) in [7, 11) is 0. The molecule has 4 heteroatoms. The van der Waals surface area contributed by atoms with Gasteiger partial charge in [0.15, 0.2) is 0 Å². The Morgan fingerprint density at radius 1 is 1.50 bits per heavy atom. The van der Waals surface area contributed by atoms with Crippen LogP contribution in [-0.2, 0) is 4.74 Å². The second-order valence-corrected chi connectivity index (χ2v) is 3.74. The number of aromatic nitrogens is 2. The second-order valence-electron chi connectivity index (χ2n) is 3.74. The molecule has 2 N–H and O–H groups in total. The summed E-state index contributed by atoms with van der Waals surface area (Å²) in [6.07, 6.45) is 7.19. The first-order chi connectivity index (χ1) is 6.86. The largest absolute Gasteiger partial charge is 0.381 e. The number of nitrogens with zero attached hydrogens (tertiary/aromatic N) is 2. The van der Waals surface area contributed by atoms with E-state index >= 15 is 0 Å². The van der Waals surface area contributed by atoms with Gasteiger partial charge in [-0.3, -0.25) is 0 Å². The van der Waals surface area contributed by atoms with Crippen LogP contribution in [0.5, 0.6) is 0 Å². The van der Waals surface area contributed by atoms with E-state index in [1.165, 1.54) is 6.33 Å². The van der Waals surface area contributed by atoms with Crippen molar-refractivity contribution >= 4 is 0 Å². The predicted octanol–water partition coefficient (Wildman–Crippen LogP) is 0.903. The molecule has 14 heavy (non-hydrogen) atoms. The number of rotatable bonds is 3. The van der Waals surface area contributed by atoms with Gasteiger partial charge in [-0.25, -0.2) is 9.97 Å². The Hall–Kier alpha value is -1.00. The van der Waals surface area contributed by atoms with Gasteiger partial charge in [0.05, 0.1) is 0 Å². The van der Waals surface area contributed by atoms with Crippen LogP contribution in [0.4, 0.5) is 0 Å². The lowest BCUT2D eigenvalue weighted by Crippen LogP contribution is -2.16. The van der Waals surface area contributed by atoms with Gasteiger partial charge in [-0.15, -0.1) is 0 Å². The molecule has 1 saturated heterocycles. The van der Waals surface area contributed by atoms with Crippen LogP contribution in [0.25, 0.3) is 0 Å². The van der Waals surface area contributed by atoms with Crippen LogP contribution in [0.15, 0.2) is 18.7 Å². The summed E-state index contributed by atoms with van der Waals surface area (Å²) in [6, 6.07) is 0.0444. The average molecular weight is 193 g/mol. The van der Waals surface area contributed by atoms with Gasteiger partial charge in [0.2, 0.25) is 0 Å². The zero-order valence-corrected chi connectivity index (χ0v) is 8.10. The molecular weight excluding hydrogens is 178 g/mol. The van der Waals surface area contributed by atoms with E-state index in [9.17, 15) is 0 Å². The van der Waals surface area contributed by atoms with Crippen molar-refractivity contribution in [3.8, 4) is 0 Å². The third-order valence-corrected chi connectivity index (χ3v) is 2.62. The van der Waals surface area contributed by atoms with Crippen molar-refractivity contribution < 1.29 is 4.74 Å². The maximum absolute atomic E-state index is 6.04. The Morgan fingerprint density at radius 3 is 2.93 bits per heavy atom. The molecule has 0 saturated carbocycles. The molecule has 0 radical (unpaired) electrons. The fourth-order valence-corrected chi connectivity index (χ4v) is 1.77. The molecule has 0 bridgehead atoms. The Labute approximate surface area is 83.5 Å². The maximum atomic E-state index is 6.04. The molecule has 2 atom stereocenters. The minimum Gasteiger partial charge on any atom is -0.381 e. The van der Waals surface area contributed by atoms with Crippen LogP contribution < -0.4 is 5.73 Å². The van der Waals surface area contributed by atoms with Crippen LogP contribution in [-0.4, -0.2) is 23.2 Å². The minimum atomic E-state index is 0.0444. The number of hydrogen-bond acceptors (Lipinski definition) is 4. The lowest BCUT2D eigenvalue weighted by atomic mass is 9.96. The highest BCUT2D eigenvalue weighted by Gasteiger charge is 2.19. The molecule has 4 nitrogen and oxygen atoms in total. The van der Waals surface area contributed by atoms with E-state index in [1.807, 2.05) is 0 Å². The molecule has 1 fully saturated rings. The van der Waals surface area contributed by atoms with Crippen molar-refractivity contribution in [3.05, 3.63) is 24.3 Å². The lowest BCUT2D eigenvalue weighted by molar-refractivity contribution is 0.182. The summed E-state index contributed by atoms with van der Waals surface area (Å²) in [4.78, 5) is 7.92. The fraction of sp³-hybridized carbons (Fsp3) is 0.600. The molecular formula is C10H15N3O. The van der Waals surface area contributed by atoms with Crippen molar-refractivity contribution in [2.75, 3.05) is 13.2 Å². The van der Waals surface area contributed by atoms with Crippen molar-refractivity contribution in [1.82, 2.24) is 9.97 Å². The van der Waals surface area contributed by atoms with Gasteiger partial charge in [0, 0.05) is 37.2 Å². The van der Waals surface area contributed by atoms with Gasteiger partial charge in [0.25, 0.3) is 0 Å². The summed E-state index contributed by atoms with van der Waals surface area (Å²) in [5, 5.41) is 0. The first kappa shape index (κ1) is 9.55. The van der Waals surface area contributed by atoms with Gasteiger partial charge in [-0.1, -0.05) is 0 Å². The molecule has 0 aliphatic carbocycles. The van der Waals surface area contributed by atoms with Crippen molar-refractivity contribution in [3.63, 3.8) is 0 Å². The third-order valence-electron chi connectivity index (χ3n) is 2.62. The first-order valence-corrected chi connectivity index (χ1v) is 4.94. The fourth-order valence-electron chi connectivity index (χ4n) is 1.77. The summed E-state index contributed by atoms with van der Waals surface area (Å²) in [5.41, 5.74) is 7.05. The van der Waals surface area contributed by atoms with E-state index in [1.54, 1.807) is 12.4 Å². The van der Waals surface area contributed by atoms with Gasteiger partial charge >= 0.3 is 0 Å². The molecule has 0 spiro atoms. The zero-order valence-electron chi connectivity index (χ0n) is 8.10. The summed E-state index contributed by atoms with van der Waals surface area (Å²) in [6.45, 7) is 1.73. The van der Waals surface area contributed by atoms with Gasteiger partial charge in [-0.2, -0.15) is 0 Å². The molecule has 1 aliphatic rings. The molecule has 76 valence electrons. The average Bonchev–Trinajstić information content (AvgIpc) is 2.72. The lowest BCUT2D eigenvalue weighted by Gasteiger charge is -2.14. The van der Waals surface area contributed by atoms with E-state index in [0.29, 0.717) is 5.92 Å². The maximum Gasteiger partial charge on any atom is 0.115 e. The topological polar surface area (TPSA) is 61.0 Å². The van der Waals surface area contributed by atoms with Gasteiger partial charge in [-0.05, 0) is 18.8 Å². The van der Waals surface area contributed by atoms with E-state index in [4.69, 9.17) is 10.5 Å². The first-order valence-electron chi connectivity index (χ1n) is 4.94. The molecule has 0 aromatic carbocycles. The number of hydrogen-bond donors (Lipinski definition) is 1.